The molecule has 3 heterocycles. The highest BCUT2D eigenvalue weighted by molar-refractivity contribution is 7.15. The molecule has 0 bridgehead atoms. The summed E-state index contributed by atoms with van der Waals surface area (Å²) >= 11 is 1.50. The van der Waals surface area contributed by atoms with Crippen LogP contribution in [-0.4, -0.2) is 34.8 Å². The number of nitrogens with one attached hydrogen (secondary N) is 1. The van der Waals surface area contributed by atoms with Crippen LogP contribution in [0.3, 0.4) is 0 Å². The van der Waals surface area contributed by atoms with Crippen LogP contribution >= 0.6 is 11.3 Å². The number of nitrogens with zero attached hydrogens (tertiary/aromatic N) is 2. The normalized spacial score (nSPS) is 17.8. The number of likely N-dealkylation sites (tertiary alicyclic amines) is 1. The molecule has 0 radical (unpaired) electrons. The minimum atomic E-state index is -0.205. The first-order chi connectivity index (χ1) is 11.6. The number of hydrogen-bond donors (Lipinski definition) is 1. The van der Waals surface area contributed by atoms with Crippen molar-refractivity contribution in [2.75, 3.05) is 18.4 Å². The SMILES string of the molecule is CCc1nc(NC(=O)[C@@H]2CCCN(C(=O)c3ccoc3)C2)sc1C. The largest absolute Gasteiger partial charge is 0.472 e. The Labute approximate surface area is 144 Å². The molecule has 0 aliphatic carbocycles. The predicted molar refractivity (Wildman–Crippen MR) is 92.2 cm³/mol. The molecule has 1 aliphatic heterocycles. The maximum atomic E-state index is 12.5. The smallest absolute Gasteiger partial charge is 0.257 e. The fourth-order valence-corrected chi connectivity index (χ4v) is 3.87. The molecule has 0 saturated carbocycles. The van der Waals surface area contributed by atoms with Crippen molar-refractivity contribution >= 4 is 28.3 Å². The molecule has 1 N–H and O–H groups in total. The molecule has 2 amide bonds. The van der Waals surface area contributed by atoms with Gasteiger partial charge in [0, 0.05) is 18.0 Å². The fraction of sp³-hybridized carbons (Fsp3) is 0.471. The van der Waals surface area contributed by atoms with E-state index >= 15 is 0 Å². The molecule has 1 fully saturated rings. The van der Waals surface area contributed by atoms with E-state index in [0.29, 0.717) is 23.8 Å². The molecule has 3 rings (SSSR count). The van der Waals surface area contributed by atoms with Gasteiger partial charge in [-0.3, -0.25) is 9.59 Å². The molecule has 24 heavy (non-hydrogen) atoms. The van der Waals surface area contributed by atoms with E-state index in [-0.39, 0.29) is 17.7 Å². The number of rotatable bonds is 4. The first-order valence-electron chi connectivity index (χ1n) is 8.17. The van der Waals surface area contributed by atoms with Crippen LogP contribution in [0.5, 0.6) is 0 Å². The van der Waals surface area contributed by atoms with Crippen LogP contribution in [-0.2, 0) is 11.2 Å². The Balaban J connectivity index is 1.63. The summed E-state index contributed by atoms with van der Waals surface area (Å²) in [5, 5.41) is 3.56. The highest BCUT2D eigenvalue weighted by Gasteiger charge is 2.29. The zero-order valence-corrected chi connectivity index (χ0v) is 14.7. The second kappa shape index (κ2) is 7.17. The summed E-state index contributed by atoms with van der Waals surface area (Å²) in [5.74, 6) is -0.348. The third-order valence-electron chi connectivity index (χ3n) is 4.31. The van der Waals surface area contributed by atoms with Crippen LogP contribution in [0.1, 0.15) is 40.7 Å². The Morgan fingerprint density at radius 2 is 2.33 bits per heavy atom. The van der Waals surface area contributed by atoms with Gasteiger partial charge in [0.1, 0.15) is 6.26 Å². The Bertz CT molecular complexity index is 724. The summed E-state index contributed by atoms with van der Waals surface area (Å²) in [6, 6.07) is 1.65. The van der Waals surface area contributed by atoms with Crippen LogP contribution < -0.4 is 5.32 Å². The summed E-state index contributed by atoms with van der Waals surface area (Å²) < 4.78 is 4.97. The first-order valence-corrected chi connectivity index (χ1v) is 8.98. The minimum Gasteiger partial charge on any atom is -0.472 e. The van der Waals surface area contributed by atoms with Gasteiger partial charge in [0.25, 0.3) is 5.91 Å². The van der Waals surface area contributed by atoms with Crippen LogP contribution in [0, 0.1) is 12.8 Å². The summed E-state index contributed by atoms with van der Waals surface area (Å²) in [7, 11) is 0. The van der Waals surface area contributed by atoms with E-state index in [1.807, 2.05) is 13.8 Å². The number of piperidine rings is 1. The molecule has 0 unspecified atom stereocenters. The average molecular weight is 347 g/mol. The maximum absolute atomic E-state index is 12.5. The standard InChI is InChI=1S/C17H21N3O3S/c1-3-14-11(2)24-17(18-14)19-15(21)12-5-4-7-20(9-12)16(22)13-6-8-23-10-13/h6,8,10,12H,3-5,7,9H2,1-2H3,(H,18,19,21)/t12-/m1/s1. The van der Waals surface area contributed by atoms with Crippen molar-refractivity contribution in [3.8, 4) is 0 Å². The molecule has 1 atom stereocenters. The summed E-state index contributed by atoms with van der Waals surface area (Å²) in [6.07, 6.45) is 5.38. The van der Waals surface area contributed by atoms with Gasteiger partial charge < -0.3 is 14.6 Å². The number of aromatic nitrogens is 1. The number of amides is 2. The van der Waals surface area contributed by atoms with Crippen LogP contribution in [0.25, 0.3) is 0 Å². The third kappa shape index (κ3) is 3.51. The topological polar surface area (TPSA) is 75.4 Å². The van der Waals surface area contributed by atoms with Gasteiger partial charge in [-0.2, -0.15) is 0 Å². The number of furan rings is 1. The van der Waals surface area contributed by atoms with Gasteiger partial charge in [-0.1, -0.05) is 6.92 Å². The number of carbonyl (C=O) groups excluding carboxylic acids is 2. The molecule has 2 aromatic heterocycles. The Hall–Kier alpha value is -2.15. The summed E-state index contributed by atoms with van der Waals surface area (Å²) in [6.45, 7) is 5.16. The molecular formula is C17H21N3O3S. The van der Waals surface area contributed by atoms with Crippen LogP contribution in [0.4, 0.5) is 5.13 Å². The van der Waals surface area contributed by atoms with Crippen molar-refractivity contribution in [1.82, 2.24) is 9.88 Å². The van der Waals surface area contributed by atoms with E-state index in [2.05, 4.69) is 10.3 Å². The quantitative estimate of drug-likeness (QED) is 0.922. The summed E-state index contributed by atoms with van der Waals surface area (Å²) in [5.41, 5.74) is 1.55. The molecular weight excluding hydrogens is 326 g/mol. The number of anilines is 1. The van der Waals surface area contributed by atoms with Gasteiger partial charge in [-0.05, 0) is 32.3 Å². The lowest BCUT2D eigenvalue weighted by Crippen LogP contribution is -2.43. The number of aryl methyl sites for hydroxylation is 2. The lowest BCUT2D eigenvalue weighted by atomic mass is 9.97. The van der Waals surface area contributed by atoms with Gasteiger partial charge in [0.15, 0.2) is 5.13 Å². The molecule has 0 aromatic carbocycles. The molecule has 7 heteroatoms. The zero-order chi connectivity index (χ0) is 17.1. The molecule has 1 saturated heterocycles. The molecule has 0 spiro atoms. The van der Waals surface area contributed by atoms with Gasteiger partial charge in [-0.25, -0.2) is 4.98 Å². The summed E-state index contributed by atoms with van der Waals surface area (Å²) in [4.78, 5) is 32.2. The number of thiazole rings is 1. The predicted octanol–water partition coefficient (Wildman–Crippen LogP) is 3.10. The lowest BCUT2D eigenvalue weighted by Gasteiger charge is -2.31. The second-order valence-electron chi connectivity index (χ2n) is 5.97. The average Bonchev–Trinajstić information content (AvgIpc) is 3.24. The molecule has 2 aromatic rings. The maximum Gasteiger partial charge on any atom is 0.257 e. The molecule has 6 nitrogen and oxygen atoms in total. The fourth-order valence-electron chi connectivity index (χ4n) is 2.96. The lowest BCUT2D eigenvalue weighted by molar-refractivity contribution is -0.121. The van der Waals surface area contributed by atoms with Crippen molar-refractivity contribution in [2.45, 2.75) is 33.1 Å². The first kappa shape index (κ1) is 16.7. The van der Waals surface area contributed by atoms with Gasteiger partial charge >= 0.3 is 0 Å². The zero-order valence-electron chi connectivity index (χ0n) is 13.9. The van der Waals surface area contributed by atoms with Crippen molar-refractivity contribution in [3.63, 3.8) is 0 Å². The Morgan fingerprint density at radius 3 is 3.00 bits per heavy atom. The van der Waals surface area contributed by atoms with E-state index in [4.69, 9.17) is 4.42 Å². The highest BCUT2D eigenvalue weighted by atomic mass is 32.1. The molecule has 1 aliphatic rings. The monoisotopic (exact) mass is 347 g/mol. The van der Waals surface area contributed by atoms with Crippen molar-refractivity contribution in [3.05, 3.63) is 34.7 Å². The number of carbonyl (C=O) groups is 2. The Kier molecular flexibility index (Phi) is 4.99. The van der Waals surface area contributed by atoms with E-state index in [1.54, 1.807) is 11.0 Å². The minimum absolute atomic E-state index is 0.0592. The van der Waals surface area contributed by atoms with Gasteiger partial charge in [0.2, 0.25) is 5.91 Å². The van der Waals surface area contributed by atoms with Crippen LogP contribution in [0.2, 0.25) is 0 Å². The highest BCUT2D eigenvalue weighted by Crippen LogP contribution is 2.25. The van der Waals surface area contributed by atoms with E-state index < -0.39 is 0 Å². The van der Waals surface area contributed by atoms with Gasteiger partial charge in [0.05, 0.1) is 23.4 Å². The number of hydrogen-bond acceptors (Lipinski definition) is 5. The second-order valence-corrected chi connectivity index (χ2v) is 7.17. The van der Waals surface area contributed by atoms with Crippen molar-refractivity contribution in [1.29, 1.82) is 0 Å². The van der Waals surface area contributed by atoms with Crippen molar-refractivity contribution in [2.24, 2.45) is 5.92 Å². The van der Waals surface area contributed by atoms with E-state index in [1.165, 1.54) is 23.9 Å². The molecule has 128 valence electrons. The van der Waals surface area contributed by atoms with E-state index in [0.717, 1.165) is 29.8 Å². The van der Waals surface area contributed by atoms with Gasteiger partial charge in [-0.15, -0.1) is 11.3 Å². The third-order valence-corrected chi connectivity index (χ3v) is 5.23. The Morgan fingerprint density at radius 1 is 1.50 bits per heavy atom. The van der Waals surface area contributed by atoms with E-state index in [9.17, 15) is 9.59 Å². The van der Waals surface area contributed by atoms with Crippen LogP contribution in [0.15, 0.2) is 23.0 Å². The van der Waals surface area contributed by atoms with Crippen molar-refractivity contribution < 1.29 is 14.0 Å².